The number of guanidine groups is 1. The van der Waals surface area contributed by atoms with E-state index in [2.05, 4.69) is 27.0 Å². The summed E-state index contributed by atoms with van der Waals surface area (Å²) in [5.41, 5.74) is 0. The van der Waals surface area contributed by atoms with Crippen LogP contribution in [0, 0.1) is 0 Å². The largest absolute Gasteiger partial charge is 0.376 e. The predicted octanol–water partition coefficient (Wildman–Crippen LogP) is 2.49. The van der Waals surface area contributed by atoms with Gasteiger partial charge in [0.05, 0.1) is 6.10 Å². The molecule has 1 unspecified atom stereocenters. The Kier molecular flexibility index (Phi) is 5.33. The van der Waals surface area contributed by atoms with Gasteiger partial charge < -0.3 is 15.0 Å². The number of hydrogen-bond donors (Lipinski definition) is 1. The van der Waals surface area contributed by atoms with E-state index in [4.69, 9.17) is 4.74 Å². The lowest BCUT2D eigenvalue weighted by Crippen LogP contribution is -2.54. The Morgan fingerprint density at radius 1 is 1.33 bits per heavy atom. The number of ether oxygens (including phenoxy) is 1. The minimum absolute atomic E-state index is 0.379. The fourth-order valence-electron chi connectivity index (χ4n) is 3.87. The van der Waals surface area contributed by atoms with Gasteiger partial charge in [-0.25, -0.2) is 0 Å². The highest BCUT2D eigenvalue weighted by atomic mass is 32.2. The van der Waals surface area contributed by atoms with Crippen molar-refractivity contribution in [1.82, 2.24) is 10.2 Å². The van der Waals surface area contributed by atoms with E-state index in [9.17, 15) is 0 Å². The van der Waals surface area contributed by atoms with Crippen molar-refractivity contribution in [3.63, 3.8) is 0 Å². The van der Waals surface area contributed by atoms with Crippen molar-refractivity contribution in [3.8, 4) is 0 Å². The van der Waals surface area contributed by atoms with Crippen molar-refractivity contribution >= 4 is 17.7 Å². The van der Waals surface area contributed by atoms with Crippen LogP contribution in [0.25, 0.3) is 0 Å². The average Bonchev–Trinajstić information content (AvgIpc) is 3.02. The SMILES string of the molecule is CN=C(NCC1CCCO1)N1CCSC2(CCCCC2)C1. The molecule has 2 saturated heterocycles. The van der Waals surface area contributed by atoms with Gasteiger partial charge in [0.15, 0.2) is 5.96 Å². The second-order valence-corrected chi connectivity index (χ2v) is 8.14. The first kappa shape index (κ1) is 15.5. The number of nitrogens with one attached hydrogen (secondary N) is 1. The minimum Gasteiger partial charge on any atom is -0.376 e. The Bertz CT molecular complexity index is 357. The average molecular weight is 311 g/mol. The lowest BCUT2D eigenvalue weighted by atomic mass is 9.87. The summed E-state index contributed by atoms with van der Waals surface area (Å²) in [5.74, 6) is 2.32. The Morgan fingerprint density at radius 2 is 2.19 bits per heavy atom. The predicted molar refractivity (Wildman–Crippen MR) is 90.2 cm³/mol. The molecule has 0 aromatic carbocycles. The molecule has 1 N–H and O–H groups in total. The Balaban J connectivity index is 1.55. The number of hydrogen-bond acceptors (Lipinski definition) is 3. The van der Waals surface area contributed by atoms with Crippen LogP contribution in [0.4, 0.5) is 0 Å². The third-order valence-corrected chi connectivity index (χ3v) is 6.57. The van der Waals surface area contributed by atoms with Crippen LogP contribution < -0.4 is 5.32 Å². The van der Waals surface area contributed by atoms with Crippen molar-refractivity contribution in [3.05, 3.63) is 0 Å². The molecule has 3 fully saturated rings. The van der Waals surface area contributed by atoms with Crippen LogP contribution in [0.15, 0.2) is 4.99 Å². The Morgan fingerprint density at radius 3 is 2.90 bits per heavy atom. The molecule has 1 spiro atoms. The number of nitrogens with zero attached hydrogens (tertiary/aromatic N) is 2. The van der Waals surface area contributed by atoms with Crippen LogP contribution in [0.2, 0.25) is 0 Å². The van der Waals surface area contributed by atoms with E-state index in [1.165, 1.54) is 57.2 Å². The highest BCUT2D eigenvalue weighted by Gasteiger charge is 2.38. The molecule has 1 aliphatic carbocycles. The van der Waals surface area contributed by atoms with Gasteiger partial charge in [0.1, 0.15) is 0 Å². The third kappa shape index (κ3) is 3.86. The van der Waals surface area contributed by atoms with Crippen LogP contribution in [-0.2, 0) is 4.74 Å². The van der Waals surface area contributed by atoms with E-state index in [1.807, 2.05) is 7.05 Å². The van der Waals surface area contributed by atoms with Crippen LogP contribution in [0.3, 0.4) is 0 Å². The normalized spacial score (nSPS) is 29.9. The van der Waals surface area contributed by atoms with Gasteiger partial charge in [-0.3, -0.25) is 4.99 Å². The van der Waals surface area contributed by atoms with Crippen LogP contribution in [0.1, 0.15) is 44.9 Å². The van der Waals surface area contributed by atoms with Crippen molar-refractivity contribution in [2.75, 3.05) is 39.0 Å². The molecule has 1 saturated carbocycles. The summed E-state index contributed by atoms with van der Waals surface area (Å²) < 4.78 is 6.20. The first-order valence-electron chi connectivity index (χ1n) is 8.52. The number of thioether (sulfide) groups is 1. The van der Waals surface area contributed by atoms with Crippen molar-refractivity contribution in [2.45, 2.75) is 55.8 Å². The standard InChI is InChI=1S/C16H29N3OS/c1-17-15(18-12-14-6-5-10-20-14)19-9-11-21-16(13-19)7-3-2-4-8-16/h14H,2-13H2,1H3,(H,17,18). The molecule has 0 radical (unpaired) electrons. The van der Waals surface area contributed by atoms with Crippen molar-refractivity contribution in [1.29, 1.82) is 0 Å². The maximum absolute atomic E-state index is 5.70. The van der Waals surface area contributed by atoms with E-state index >= 15 is 0 Å². The minimum atomic E-state index is 0.379. The Labute approximate surface area is 133 Å². The molecule has 2 heterocycles. The molecular formula is C16H29N3OS. The van der Waals surface area contributed by atoms with E-state index in [0.717, 1.165) is 25.7 Å². The lowest BCUT2D eigenvalue weighted by Gasteiger charge is -2.45. The summed E-state index contributed by atoms with van der Waals surface area (Å²) >= 11 is 2.21. The van der Waals surface area contributed by atoms with Gasteiger partial charge in [0.25, 0.3) is 0 Å². The van der Waals surface area contributed by atoms with Crippen molar-refractivity contribution < 1.29 is 4.74 Å². The highest BCUT2D eigenvalue weighted by molar-refractivity contribution is 8.00. The fraction of sp³-hybridized carbons (Fsp3) is 0.938. The summed E-state index contributed by atoms with van der Waals surface area (Å²) in [4.78, 5) is 7.00. The summed E-state index contributed by atoms with van der Waals surface area (Å²) in [6.45, 7) is 4.12. The zero-order valence-electron chi connectivity index (χ0n) is 13.3. The molecule has 120 valence electrons. The second kappa shape index (κ2) is 7.23. The Hall–Kier alpha value is -0.420. The number of rotatable bonds is 2. The van der Waals surface area contributed by atoms with Gasteiger partial charge in [-0.1, -0.05) is 19.3 Å². The van der Waals surface area contributed by atoms with Crippen LogP contribution >= 0.6 is 11.8 Å². The fourth-order valence-corrected chi connectivity index (χ4v) is 5.44. The van der Waals surface area contributed by atoms with Gasteiger partial charge in [0.2, 0.25) is 0 Å². The molecule has 0 aromatic heterocycles. The topological polar surface area (TPSA) is 36.9 Å². The van der Waals surface area contributed by atoms with E-state index in [1.54, 1.807) is 0 Å². The molecule has 0 bridgehead atoms. The molecule has 2 aliphatic heterocycles. The molecule has 0 amide bonds. The zero-order chi connectivity index (χ0) is 14.5. The zero-order valence-corrected chi connectivity index (χ0v) is 14.1. The third-order valence-electron chi connectivity index (χ3n) is 5.04. The van der Waals surface area contributed by atoms with E-state index < -0.39 is 0 Å². The molecule has 5 heteroatoms. The molecule has 3 rings (SSSR count). The number of aliphatic imine (C=N–C) groups is 1. The highest BCUT2D eigenvalue weighted by Crippen LogP contribution is 2.42. The molecule has 4 nitrogen and oxygen atoms in total. The van der Waals surface area contributed by atoms with Crippen molar-refractivity contribution in [2.24, 2.45) is 4.99 Å². The molecule has 0 aromatic rings. The summed E-state index contributed by atoms with van der Waals surface area (Å²) in [6.07, 6.45) is 9.77. The van der Waals surface area contributed by atoms with Gasteiger partial charge in [-0.15, -0.1) is 0 Å². The maximum Gasteiger partial charge on any atom is 0.193 e. The summed E-state index contributed by atoms with van der Waals surface area (Å²) in [5, 5.41) is 3.54. The molecular weight excluding hydrogens is 282 g/mol. The quantitative estimate of drug-likeness (QED) is 0.628. The summed E-state index contributed by atoms with van der Waals surface area (Å²) in [6, 6.07) is 0. The van der Waals surface area contributed by atoms with Gasteiger partial charge >= 0.3 is 0 Å². The molecule has 21 heavy (non-hydrogen) atoms. The van der Waals surface area contributed by atoms with Gasteiger partial charge in [-0.2, -0.15) is 11.8 Å². The lowest BCUT2D eigenvalue weighted by molar-refractivity contribution is 0.113. The monoisotopic (exact) mass is 311 g/mol. The molecule has 1 atom stereocenters. The smallest absolute Gasteiger partial charge is 0.193 e. The summed E-state index contributed by atoms with van der Waals surface area (Å²) in [7, 11) is 1.91. The molecule has 3 aliphatic rings. The van der Waals surface area contributed by atoms with E-state index in [0.29, 0.717) is 10.9 Å². The van der Waals surface area contributed by atoms with Crippen LogP contribution in [-0.4, -0.2) is 60.8 Å². The van der Waals surface area contributed by atoms with Gasteiger partial charge in [0, 0.05) is 43.8 Å². The first-order chi connectivity index (χ1) is 10.3. The van der Waals surface area contributed by atoms with Crippen LogP contribution in [0.5, 0.6) is 0 Å². The first-order valence-corrected chi connectivity index (χ1v) is 9.51. The van der Waals surface area contributed by atoms with Gasteiger partial charge in [-0.05, 0) is 25.7 Å². The van der Waals surface area contributed by atoms with E-state index in [-0.39, 0.29) is 0 Å². The second-order valence-electron chi connectivity index (χ2n) is 6.58. The maximum atomic E-state index is 5.70.